The van der Waals surface area contributed by atoms with Crippen LogP contribution in [0.5, 0.6) is 0 Å². The third kappa shape index (κ3) is 3.08. The van der Waals surface area contributed by atoms with Crippen molar-refractivity contribution in [2.75, 3.05) is 6.54 Å². The summed E-state index contributed by atoms with van der Waals surface area (Å²) in [6.07, 6.45) is 5.84. The number of benzene rings is 1. The number of nitrogens with zero attached hydrogens (tertiary/aromatic N) is 2. The zero-order chi connectivity index (χ0) is 16.4. The number of aryl methyl sites for hydroxylation is 1. The minimum Gasteiger partial charge on any atom is -0.348 e. The second-order valence-electron chi connectivity index (χ2n) is 5.95. The molecular formula is C17H18BrN3O2. The molecule has 23 heavy (non-hydrogen) atoms. The van der Waals surface area contributed by atoms with Crippen LogP contribution >= 0.6 is 15.9 Å². The lowest BCUT2D eigenvalue weighted by Crippen LogP contribution is -2.50. The molecule has 1 fully saturated rings. The minimum atomic E-state index is -0.490. The largest absolute Gasteiger partial charge is 0.348 e. The Balaban J connectivity index is 1.68. The second-order valence-corrected chi connectivity index (χ2v) is 6.87. The van der Waals surface area contributed by atoms with Crippen molar-refractivity contribution in [3.63, 3.8) is 0 Å². The van der Waals surface area contributed by atoms with Gasteiger partial charge in [-0.2, -0.15) is 5.10 Å². The van der Waals surface area contributed by atoms with Crippen LogP contribution in [0.15, 0.2) is 41.1 Å². The molecule has 5 nitrogen and oxygen atoms in total. The summed E-state index contributed by atoms with van der Waals surface area (Å²) in [5.74, 6) is -0.194. The maximum absolute atomic E-state index is 12.7. The van der Waals surface area contributed by atoms with Gasteiger partial charge in [-0.05, 0) is 30.5 Å². The molecule has 6 heteroatoms. The van der Waals surface area contributed by atoms with Crippen LogP contribution in [0, 0.1) is 0 Å². The van der Waals surface area contributed by atoms with Gasteiger partial charge in [-0.15, -0.1) is 0 Å². The Morgan fingerprint density at radius 2 is 2.00 bits per heavy atom. The van der Waals surface area contributed by atoms with Gasteiger partial charge < -0.3 is 5.32 Å². The molecule has 120 valence electrons. The maximum atomic E-state index is 12.7. The number of hydrogen-bond acceptors (Lipinski definition) is 3. The molecule has 0 spiro atoms. The zero-order valence-corrected chi connectivity index (χ0v) is 14.5. The Morgan fingerprint density at radius 3 is 2.52 bits per heavy atom. The van der Waals surface area contributed by atoms with E-state index >= 15 is 0 Å². The molecular weight excluding hydrogens is 358 g/mol. The van der Waals surface area contributed by atoms with Crippen LogP contribution in [0.4, 0.5) is 0 Å². The summed E-state index contributed by atoms with van der Waals surface area (Å²) in [4.78, 5) is 24.8. The predicted molar refractivity (Wildman–Crippen MR) is 90.2 cm³/mol. The molecule has 0 radical (unpaired) electrons. The molecule has 1 aromatic carbocycles. The summed E-state index contributed by atoms with van der Waals surface area (Å²) in [6.45, 7) is 0.00278. The van der Waals surface area contributed by atoms with Crippen molar-refractivity contribution >= 4 is 27.6 Å². The van der Waals surface area contributed by atoms with E-state index in [9.17, 15) is 9.59 Å². The predicted octanol–water partition coefficient (Wildman–Crippen LogP) is 2.60. The van der Waals surface area contributed by atoms with Gasteiger partial charge in [-0.25, -0.2) is 0 Å². The lowest BCUT2D eigenvalue weighted by Gasteiger charge is -2.40. The van der Waals surface area contributed by atoms with E-state index in [0.717, 1.165) is 29.3 Å². The molecule has 1 N–H and O–H groups in total. The Hall–Kier alpha value is -1.95. The number of carbonyl (C=O) groups is 2. The molecule has 2 aromatic rings. The quantitative estimate of drug-likeness (QED) is 0.816. The first-order chi connectivity index (χ1) is 11.0. The van der Waals surface area contributed by atoms with E-state index in [1.165, 1.54) is 6.20 Å². The zero-order valence-electron chi connectivity index (χ0n) is 12.9. The minimum absolute atomic E-state index is 0.00278. The first-order valence-electron chi connectivity index (χ1n) is 7.57. The topological polar surface area (TPSA) is 64.0 Å². The molecule has 0 bridgehead atoms. The molecule has 0 aliphatic heterocycles. The van der Waals surface area contributed by atoms with Gasteiger partial charge in [0, 0.05) is 17.7 Å². The van der Waals surface area contributed by atoms with E-state index in [1.807, 2.05) is 24.3 Å². The summed E-state index contributed by atoms with van der Waals surface area (Å²) < 4.78 is 2.56. The second kappa shape index (κ2) is 6.28. The maximum Gasteiger partial charge on any atom is 0.231 e. The Labute approximate surface area is 143 Å². The molecule has 1 amide bonds. The van der Waals surface area contributed by atoms with Crippen molar-refractivity contribution in [1.29, 1.82) is 0 Å². The SMILES string of the molecule is Cn1cc(C(=O)CNC(=O)C2(c3ccc(Br)cc3)CCC2)cn1. The average molecular weight is 376 g/mol. The normalized spacial score (nSPS) is 15.7. The van der Waals surface area contributed by atoms with Gasteiger partial charge in [0.15, 0.2) is 5.78 Å². The van der Waals surface area contributed by atoms with E-state index in [0.29, 0.717) is 5.56 Å². The van der Waals surface area contributed by atoms with Crippen LogP contribution in [0.2, 0.25) is 0 Å². The first-order valence-corrected chi connectivity index (χ1v) is 8.37. The summed E-state index contributed by atoms with van der Waals surface area (Å²) in [5, 5.41) is 6.78. The third-order valence-electron chi connectivity index (χ3n) is 4.47. The molecule has 0 atom stereocenters. The summed E-state index contributed by atoms with van der Waals surface area (Å²) in [5.41, 5.74) is 1.04. The van der Waals surface area contributed by atoms with Crippen molar-refractivity contribution in [3.05, 3.63) is 52.3 Å². The summed E-state index contributed by atoms with van der Waals surface area (Å²) in [7, 11) is 1.76. The number of ketones is 1. The first kappa shape index (κ1) is 15.9. The van der Waals surface area contributed by atoms with Gasteiger partial charge in [0.05, 0.1) is 23.7 Å². The van der Waals surface area contributed by atoms with E-state index < -0.39 is 5.41 Å². The number of amides is 1. The monoisotopic (exact) mass is 375 g/mol. The van der Waals surface area contributed by atoms with Crippen LogP contribution < -0.4 is 5.32 Å². The van der Waals surface area contributed by atoms with Gasteiger partial charge in [-0.3, -0.25) is 14.3 Å². The fraction of sp³-hybridized carbons (Fsp3) is 0.353. The van der Waals surface area contributed by atoms with Crippen LogP contribution in [0.3, 0.4) is 0 Å². The molecule has 1 heterocycles. The van der Waals surface area contributed by atoms with E-state index in [1.54, 1.807) is 17.9 Å². The van der Waals surface area contributed by atoms with Crippen LogP contribution in [-0.4, -0.2) is 28.0 Å². The van der Waals surface area contributed by atoms with Crippen molar-refractivity contribution in [3.8, 4) is 0 Å². The lowest BCUT2D eigenvalue weighted by atomic mass is 9.64. The highest BCUT2D eigenvalue weighted by Crippen LogP contribution is 2.44. The average Bonchev–Trinajstić information content (AvgIpc) is 2.92. The number of hydrogen-bond donors (Lipinski definition) is 1. The summed E-state index contributed by atoms with van der Waals surface area (Å²) >= 11 is 3.41. The summed E-state index contributed by atoms with van der Waals surface area (Å²) in [6, 6.07) is 7.85. The molecule has 3 rings (SSSR count). The standard InChI is InChI=1S/C17H18BrN3O2/c1-21-11-12(9-20-21)15(22)10-19-16(23)17(7-2-8-17)13-3-5-14(18)6-4-13/h3-6,9,11H,2,7-8,10H2,1H3,(H,19,23). The number of rotatable bonds is 5. The highest BCUT2D eigenvalue weighted by atomic mass is 79.9. The number of halogens is 1. The van der Waals surface area contributed by atoms with Gasteiger partial charge in [-0.1, -0.05) is 34.5 Å². The van der Waals surface area contributed by atoms with Gasteiger partial charge >= 0.3 is 0 Å². The van der Waals surface area contributed by atoms with Crippen molar-refractivity contribution in [1.82, 2.24) is 15.1 Å². The number of carbonyl (C=O) groups excluding carboxylic acids is 2. The highest BCUT2D eigenvalue weighted by molar-refractivity contribution is 9.10. The Kier molecular flexibility index (Phi) is 4.35. The van der Waals surface area contributed by atoms with Crippen LogP contribution in [0.1, 0.15) is 35.2 Å². The van der Waals surface area contributed by atoms with E-state index in [4.69, 9.17) is 0 Å². The smallest absolute Gasteiger partial charge is 0.231 e. The van der Waals surface area contributed by atoms with Gasteiger partial charge in [0.1, 0.15) is 0 Å². The van der Waals surface area contributed by atoms with Crippen LogP contribution in [0.25, 0.3) is 0 Å². The van der Waals surface area contributed by atoms with Gasteiger partial charge in [0.2, 0.25) is 5.91 Å². The number of Topliss-reactive ketones (excluding diaryl/α,β-unsaturated/α-hetero) is 1. The number of aromatic nitrogens is 2. The molecule has 0 unspecified atom stereocenters. The fourth-order valence-corrected chi connectivity index (χ4v) is 3.21. The van der Waals surface area contributed by atoms with Gasteiger partial charge in [0.25, 0.3) is 0 Å². The molecule has 1 aromatic heterocycles. The molecule has 1 aliphatic rings. The van der Waals surface area contributed by atoms with E-state index in [-0.39, 0.29) is 18.2 Å². The molecule has 1 aliphatic carbocycles. The Bertz CT molecular complexity index is 733. The molecule has 0 saturated heterocycles. The highest BCUT2D eigenvalue weighted by Gasteiger charge is 2.45. The van der Waals surface area contributed by atoms with E-state index in [2.05, 4.69) is 26.3 Å². The van der Waals surface area contributed by atoms with Crippen molar-refractivity contribution in [2.45, 2.75) is 24.7 Å². The Morgan fingerprint density at radius 1 is 1.30 bits per heavy atom. The van der Waals surface area contributed by atoms with Crippen LogP contribution in [-0.2, 0) is 17.3 Å². The third-order valence-corrected chi connectivity index (χ3v) is 5.00. The fourth-order valence-electron chi connectivity index (χ4n) is 2.94. The van der Waals surface area contributed by atoms with Crippen molar-refractivity contribution in [2.24, 2.45) is 7.05 Å². The number of nitrogens with one attached hydrogen (secondary N) is 1. The molecule has 1 saturated carbocycles. The van der Waals surface area contributed by atoms with Crippen molar-refractivity contribution < 1.29 is 9.59 Å². The lowest BCUT2D eigenvalue weighted by molar-refractivity contribution is -0.129.